The van der Waals surface area contributed by atoms with E-state index in [2.05, 4.69) is 5.16 Å². The smallest absolute Gasteiger partial charge is 0.374 e. The summed E-state index contributed by atoms with van der Waals surface area (Å²) in [5.74, 6) is -1.30. The van der Waals surface area contributed by atoms with Crippen molar-refractivity contribution in [2.75, 3.05) is 7.11 Å². The Labute approximate surface area is 110 Å². The average molecular weight is 261 g/mol. The molecule has 1 N–H and O–H groups in total. The van der Waals surface area contributed by atoms with Gasteiger partial charge in [-0.15, -0.1) is 0 Å². The van der Waals surface area contributed by atoms with Gasteiger partial charge in [-0.1, -0.05) is 29.4 Å². The van der Waals surface area contributed by atoms with Gasteiger partial charge in [-0.2, -0.15) is 0 Å². The van der Waals surface area contributed by atoms with Crippen LogP contribution in [0, 0.1) is 0 Å². The van der Waals surface area contributed by atoms with Crippen LogP contribution >= 0.6 is 0 Å². The summed E-state index contributed by atoms with van der Waals surface area (Å²) in [5.41, 5.74) is 1.96. The number of carboxylic acid groups (broad SMARTS) is 1. The normalized spacial score (nSPS) is 11.5. The molecule has 2 aromatic rings. The molecule has 0 unspecified atom stereocenters. The zero-order chi connectivity index (χ0) is 14.0. The van der Waals surface area contributed by atoms with Gasteiger partial charge in [0.15, 0.2) is 0 Å². The molecule has 19 heavy (non-hydrogen) atoms. The van der Waals surface area contributed by atoms with Gasteiger partial charge in [0, 0.05) is 18.7 Å². The molecule has 0 saturated carbocycles. The standard InChI is InChI=1S/C14H15NO4/c1-14(2,18-3)10-6-4-9(5-7-10)11-8-12(13(16)17)19-15-11/h4-8H,1-3H3,(H,16,17). The first-order chi connectivity index (χ1) is 8.94. The third kappa shape index (κ3) is 2.66. The molecule has 5 nitrogen and oxygen atoms in total. The van der Waals surface area contributed by atoms with Gasteiger partial charge >= 0.3 is 5.97 Å². The molecule has 2 rings (SSSR count). The Hall–Kier alpha value is -2.14. The van der Waals surface area contributed by atoms with Crippen LogP contribution < -0.4 is 0 Å². The third-order valence-electron chi connectivity index (χ3n) is 3.11. The molecule has 1 aromatic heterocycles. The van der Waals surface area contributed by atoms with Crippen LogP contribution in [0.25, 0.3) is 11.3 Å². The van der Waals surface area contributed by atoms with E-state index in [-0.39, 0.29) is 11.4 Å². The maximum atomic E-state index is 10.7. The van der Waals surface area contributed by atoms with Crippen molar-refractivity contribution in [1.82, 2.24) is 5.16 Å². The highest BCUT2D eigenvalue weighted by molar-refractivity contribution is 5.85. The van der Waals surface area contributed by atoms with Crippen molar-refractivity contribution in [3.63, 3.8) is 0 Å². The fraction of sp³-hybridized carbons (Fsp3) is 0.286. The first kappa shape index (κ1) is 13.3. The lowest BCUT2D eigenvalue weighted by atomic mass is 9.96. The van der Waals surface area contributed by atoms with E-state index in [1.807, 2.05) is 38.1 Å². The molecule has 0 saturated heterocycles. The minimum Gasteiger partial charge on any atom is -0.475 e. The highest BCUT2D eigenvalue weighted by atomic mass is 16.5. The predicted octanol–water partition coefficient (Wildman–Crippen LogP) is 2.92. The Kier molecular flexibility index (Phi) is 3.40. The molecule has 0 atom stereocenters. The number of rotatable bonds is 4. The van der Waals surface area contributed by atoms with Gasteiger partial charge < -0.3 is 14.4 Å². The van der Waals surface area contributed by atoms with E-state index in [0.717, 1.165) is 11.1 Å². The second kappa shape index (κ2) is 4.85. The molecule has 0 aliphatic heterocycles. The number of aromatic carboxylic acids is 1. The van der Waals surface area contributed by atoms with Crippen LogP contribution in [0.3, 0.4) is 0 Å². The summed E-state index contributed by atoms with van der Waals surface area (Å²) >= 11 is 0. The highest BCUT2D eigenvalue weighted by Gasteiger charge is 2.19. The Morgan fingerprint density at radius 1 is 1.32 bits per heavy atom. The molecule has 0 fully saturated rings. The molecule has 5 heteroatoms. The number of methoxy groups -OCH3 is 1. The van der Waals surface area contributed by atoms with Crippen LogP contribution in [-0.2, 0) is 10.3 Å². The second-order valence-electron chi connectivity index (χ2n) is 4.67. The quantitative estimate of drug-likeness (QED) is 0.916. The number of nitrogens with zero attached hydrogens (tertiary/aromatic N) is 1. The van der Waals surface area contributed by atoms with Crippen LogP contribution in [0.4, 0.5) is 0 Å². The van der Waals surface area contributed by atoms with Crippen LogP contribution in [0.5, 0.6) is 0 Å². The van der Waals surface area contributed by atoms with Gasteiger partial charge in [-0.05, 0) is 19.4 Å². The van der Waals surface area contributed by atoms with Gasteiger partial charge in [-0.3, -0.25) is 0 Å². The lowest BCUT2D eigenvalue weighted by Crippen LogP contribution is -2.19. The monoisotopic (exact) mass is 261 g/mol. The topological polar surface area (TPSA) is 72.6 Å². The number of benzene rings is 1. The SMILES string of the molecule is COC(C)(C)c1ccc(-c2cc(C(=O)O)on2)cc1. The van der Waals surface area contributed by atoms with Crippen molar-refractivity contribution in [2.45, 2.75) is 19.4 Å². The molecule has 0 aliphatic rings. The Morgan fingerprint density at radius 2 is 1.95 bits per heavy atom. The second-order valence-corrected chi connectivity index (χ2v) is 4.67. The molecule has 1 aromatic carbocycles. The lowest BCUT2D eigenvalue weighted by Gasteiger charge is -2.23. The van der Waals surface area contributed by atoms with E-state index in [1.54, 1.807) is 7.11 Å². The van der Waals surface area contributed by atoms with Crippen molar-refractivity contribution in [3.8, 4) is 11.3 Å². The molecule has 0 spiro atoms. The first-order valence-electron chi connectivity index (χ1n) is 5.80. The lowest BCUT2D eigenvalue weighted by molar-refractivity contribution is 0.0192. The number of ether oxygens (including phenoxy) is 1. The summed E-state index contributed by atoms with van der Waals surface area (Å²) in [4.78, 5) is 10.7. The molecular formula is C14H15NO4. The maximum absolute atomic E-state index is 10.7. The summed E-state index contributed by atoms with van der Waals surface area (Å²) in [6, 6.07) is 8.97. The molecule has 1 heterocycles. The summed E-state index contributed by atoms with van der Waals surface area (Å²) in [6.07, 6.45) is 0. The summed E-state index contributed by atoms with van der Waals surface area (Å²) in [5, 5.41) is 12.5. The summed E-state index contributed by atoms with van der Waals surface area (Å²) in [6.45, 7) is 3.95. The van der Waals surface area contributed by atoms with E-state index in [4.69, 9.17) is 14.4 Å². The molecule has 100 valence electrons. The minimum atomic E-state index is -1.13. The van der Waals surface area contributed by atoms with Crippen LogP contribution in [0.15, 0.2) is 34.9 Å². The maximum Gasteiger partial charge on any atom is 0.374 e. The predicted molar refractivity (Wildman–Crippen MR) is 68.9 cm³/mol. The van der Waals surface area contributed by atoms with E-state index in [1.165, 1.54) is 6.07 Å². The van der Waals surface area contributed by atoms with E-state index >= 15 is 0 Å². The Bertz CT molecular complexity index is 584. The first-order valence-corrected chi connectivity index (χ1v) is 5.80. The van der Waals surface area contributed by atoms with Gasteiger partial charge in [0.05, 0.1) is 5.60 Å². The zero-order valence-electron chi connectivity index (χ0n) is 11.0. The zero-order valence-corrected chi connectivity index (χ0v) is 11.0. The molecule has 0 radical (unpaired) electrons. The number of aromatic nitrogens is 1. The molecule has 0 amide bonds. The van der Waals surface area contributed by atoms with Crippen molar-refractivity contribution in [1.29, 1.82) is 0 Å². The number of hydrogen-bond donors (Lipinski definition) is 1. The highest BCUT2D eigenvalue weighted by Crippen LogP contribution is 2.26. The van der Waals surface area contributed by atoms with Gasteiger partial charge in [0.1, 0.15) is 5.69 Å². The van der Waals surface area contributed by atoms with Crippen molar-refractivity contribution in [3.05, 3.63) is 41.7 Å². The van der Waals surface area contributed by atoms with Crippen LogP contribution in [0.2, 0.25) is 0 Å². The van der Waals surface area contributed by atoms with Crippen molar-refractivity contribution < 1.29 is 19.2 Å². The number of carbonyl (C=O) groups is 1. The summed E-state index contributed by atoms with van der Waals surface area (Å²) in [7, 11) is 1.66. The minimum absolute atomic E-state index is 0.170. The summed E-state index contributed by atoms with van der Waals surface area (Å²) < 4.78 is 10.1. The van der Waals surface area contributed by atoms with E-state index in [9.17, 15) is 4.79 Å². The van der Waals surface area contributed by atoms with Crippen molar-refractivity contribution in [2.24, 2.45) is 0 Å². The third-order valence-corrected chi connectivity index (χ3v) is 3.11. The fourth-order valence-corrected chi connectivity index (χ4v) is 1.67. The van der Waals surface area contributed by atoms with Gasteiger partial charge in [0.25, 0.3) is 0 Å². The fourth-order valence-electron chi connectivity index (χ4n) is 1.67. The molecule has 0 aliphatic carbocycles. The van der Waals surface area contributed by atoms with E-state index in [0.29, 0.717) is 5.69 Å². The largest absolute Gasteiger partial charge is 0.475 e. The van der Waals surface area contributed by atoms with Crippen LogP contribution in [-0.4, -0.2) is 23.3 Å². The van der Waals surface area contributed by atoms with Gasteiger partial charge in [0.2, 0.25) is 5.76 Å². The number of hydrogen-bond acceptors (Lipinski definition) is 4. The Morgan fingerprint density at radius 3 is 2.42 bits per heavy atom. The molecular weight excluding hydrogens is 246 g/mol. The van der Waals surface area contributed by atoms with Crippen molar-refractivity contribution >= 4 is 5.97 Å². The number of carboxylic acids is 1. The molecule has 0 bridgehead atoms. The van der Waals surface area contributed by atoms with Crippen LogP contribution in [0.1, 0.15) is 30.0 Å². The van der Waals surface area contributed by atoms with E-state index < -0.39 is 5.97 Å². The van der Waals surface area contributed by atoms with Gasteiger partial charge in [-0.25, -0.2) is 4.79 Å². The Balaban J connectivity index is 2.29. The average Bonchev–Trinajstić information content (AvgIpc) is 2.88.